The summed E-state index contributed by atoms with van der Waals surface area (Å²) in [4.78, 5) is 24.2. The van der Waals surface area contributed by atoms with E-state index in [1.165, 1.54) is 18.9 Å². The molecule has 2 aliphatic rings. The van der Waals surface area contributed by atoms with Crippen LogP contribution in [0.25, 0.3) is 0 Å². The summed E-state index contributed by atoms with van der Waals surface area (Å²) in [7, 11) is 1.50. The highest BCUT2D eigenvalue weighted by atomic mass is 16.7. The topological polar surface area (TPSA) is 65.1 Å². The molecule has 0 bridgehead atoms. The average Bonchev–Trinajstić information content (AvgIpc) is 2.59. The van der Waals surface area contributed by atoms with Crippen LogP contribution in [0.2, 0.25) is 0 Å². The van der Waals surface area contributed by atoms with Gasteiger partial charge in [-0.2, -0.15) is 0 Å². The molecule has 2 saturated heterocycles. The molecule has 0 aromatic heterocycles. The van der Waals surface area contributed by atoms with Crippen molar-refractivity contribution in [2.75, 3.05) is 20.3 Å². The van der Waals surface area contributed by atoms with E-state index in [4.69, 9.17) is 14.2 Å². The normalized spacial score (nSPS) is 34.9. The highest BCUT2D eigenvalue weighted by Crippen LogP contribution is 2.25. The summed E-state index contributed by atoms with van der Waals surface area (Å²) in [5.41, 5.74) is 0. The minimum absolute atomic E-state index is 0.172. The molecule has 6 nitrogen and oxygen atoms in total. The van der Waals surface area contributed by atoms with E-state index in [-0.39, 0.29) is 19.1 Å². The van der Waals surface area contributed by atoms with Crippen molar-refractivity contribution in [3.63, 3.8) is 0 Å². The van der Waals surface area contributed by atoms with Gasteiger partial charge >= 0.3 is 5.97 Å². The Morgan fingerprint density at radius 1 is 1.60 bits per heavy atom. The lowest BCUT2D eigenvalue weighted by Gasteiger charge is -2.37. The summed E-state index contributed by atoms with van der Waals surface area (Å²) in [6.07, 6.45) is -0.884. The number of nitrogens with zero attached hydrogens (tertiary/aromatic N) is 1. The van der Waals surface area contributed by atoms with Crippen LogP contribution in [0, 0.1) is 0 Å². The van der Waals surface area contributed by atoms with Gasteiger partial charge in [0.2, 0.25) is 5.91 Å². The number of esters is 1. The molecule has 2 rings (SSSR count). The molecule has 84 valence electrons. The van der Waals surface area contributed by atoms with E-state index in [1.54, 1.807) is 0 Å². The summed E-state index contributed by atoms with van der Waals surface area (Å²) < 4.78 is 15.3. The minimum atomic E-state index is -0.603. The number of morpholine rings is 1. The fourth-order valence-electron chi connectivity index (χ4n) is 1.90. The molecule has 1 amide bonds. The Labute approximate surface area is 87.1 Å². The monoisotopic (exact) mass is 215 g/mol. The zero-order valence-electron chi connectivity index (χ0n) is 8.63. The van der Waals surface area contributed by atoms with Gasteiger partial charge in [-0.25, -0.2) is 4.79 Å². The van der Waals surface area contributed by atoms with Crippen LogP contribution in [0.3, 0.4) is 0 Å². The molecular formula is C9H13NO5. The van der Waals surface area contributed by atoms with Gasteiger partial charge in [0.25, 0.3) is 0 Å². The van der Waals surface area contributed by atoms with Crippen molar-refractivity contribution in [2.24, 2.45) is 0 Å². The standard InChI is InChI=1S/C9H13NO5/c1-5(11)10-3-7(13-2)15-6-4-14-9(12)8(6)10/h6-8H,3-4H2,1-2H3/t6-,7-,8-/m1/s1. The third kappa shape index (κ3) is 1.70. The second-order valence-corrected chi connectivity index (χ2v) is 3.59. The second kappa shape index (κ2) is 3.79. The smallest absolute Gasteiger partial charge is 0.331 e. The van der Waals surface area contributed by atoms with Crippen molar-refractivity contribution in [3.8, 4) is 0 Å². The number of carbonyl (C=O) groups excluding carboxylic acids is 2. The number of amides is 1. The SMILES string of the molecule is CO[C@H]1CN(C(C)=O)[C@H]2C(=O)OC[C@H]2O1. The van der Waals surface area contributed by atoms with Gasteiger partial charge in [0.05, 0.1) is 6.54 Å². The van der Waals surface area contributed by atoms with Crippen LogP contribution in [0.15, 0.2) is 0 Å². The number of fused-ring (bicyclic) bond motifs is 1. The Balaban J connectivity index is 2.19. The first-order valence-corrected chi connectivity index (χ1v) is 4.75. The minimum Gasteiger partial charge on any atom is -0.461 e. The van der Waals surface area contributed by atoms with Gasteiger partial charge in [0.15, 0.2) is 12.3 Å². The largest absolute Gasteiger partial charge is 0.461 e. The molecule has 0 N–H and O–H groups in total. The van der Waals surface area contributed by atoms with Gasteiger partial charge in [-0.3, -0.25) is 4.79 Å². The molecule has 15 heavy (non-hydrogen) atoms. The Kier molecular flexibility index (Phi) is 2.62. The van der Waals surface area contributed by atoms with Crippen molar-refractivity contribution in [1.29, 1.82) is 0 Å². The average molecular weight is 215 g/mol. The van der Waals surface area contributed by atoms with Gasteiger partial charge in [0.1, 0.15) is 12.7 Å². The molecule has 2 fully saturated rings. The van der Waals surface area contributed by atoms with Crippen LogP contribution < -0.4 is 0 Å². The van der Waals surface area contributed by atoms with E-state index in [0.717, 1.165) is 0 Å². The Bertz CT molecular complexity index is 292. The van der Waals surface area contributed by atoms with Crippen LogP contribution in [0.4, 0.5) is 0 Å². The molecule has 3 atom stereocenters. The number of hydrogen-bond donors (Lipinski definition) is 0. The van der Waals surface area contributed by atoms with Gasteiger partial charge in [0, 0.05) is 14.0 Å². The van der Waals surface area contributed by atoms with E-state index in [0.29, 0.717) is 0 Å². The van der Waals surface area contributed by atoms with Crippen LogP contribution in [0.1, 0.15) is 6.92 Å². The number of methoxy groups -OCH3 is 1. The molecule has 6 heteroatoms. The fourth-order valence-corrected chi connectivity index (χ4v) is 1.90. The Hall–Kier alpha value is -1.14. The predicted molar refractivity (Wildman–Crippen MR) is 47.8 cm³/mol. The summed E-state index contributed by atoms with van der Waals surface area (Å²) in [5, 5.41) is 0. The summed E-state index contributed by atoms with van der Waals surface area (Å²) in [6.45, 7) is 1.87. The first-order valence-electron chi connectivity index (χ1n) is 4.75. The van der Waals surface area contributed by atoms with Gasteiger partial charge in [-0.1, -0.05) is 0 Å². The lowest BCUT2D eigenvalue weighted by molar-refractivity contribution is -0.208. The summed E-state index contributed by atoms with van der Waals surface area (Å²) in [5.74, 6) is -0.570. The van der Waals surface area contributed by atoms with E-state index < -0.39 is 24.4 Å². The number of ether oxygens (including phenoxy) is 3. The Morgan fingerprint density at radius 2 is 2.33 bits per heavy atom. The van der Waals surface area contributed by atoms with E-state index >= 15 is 0 Å². The summed E-state index contributed by atoms with van der Waals surface area (Å²) in [6, 6.07) is -0.603. The van der Waals surface area contributed by atoms with Crippen LogP contribution in [0.5, 0.6) is 0 Å². The maximum Gasteiger partial charge on any atom is 0.331 e. The molecule has 0 spiro atoms. The van der Waals surface area contributed by atoms with E-state index in [9.17, 15) is 9.59 Å². The van der Waals surface area contributed by atoms with Gasteiger partial charge in [-0.05, 0) is 0 Å². The summed E-state index contributed by atoms with van der Waals surface area (Å²) >= 11 is 0. The molecule has 0 aliphatic carbocycles. The third-order valence-corrected chi connectivity index (χ3v) is 2.66. The number of rotatable bonds is 1. The zero-order chi connectivity index (χ0) is 11.0. The molecule has 0 saturated carbocycles. The zero-order valence-corrected chi connectivity index (χ0v) is 8.63. The maximum atomic E-state index is 11.4. The molecule has 0 aromatic carbocycles. The van der Waals surface area contributed by atoms with Crippen LogP contribution >= 0.6 is 0 Å². The molecule has 0 unspecified atom stereocenters. The molecular weight excluding hydrogens is 202 g/mol. The van der Waals surface area contributed by atoms with Crippen molar-refractivity contribution < 1.29 is 23.8 Å². The number of cyclic esters (lactones) is 1. The van der Waals surface area contributed by atoms with E-state index in [2.05, 4.69) is 0 Å². The first kappa shape index (κ1) is 10.4. The lowest BCUT2D eigenvalue weighted by atomic mass is 10.1. The second-order valence-electron chi connectivity index (χ2n) is 3.59. The highest BCUT2D eigenvalue weighted by molar-refractivity contribution is 5.85. The highest BCUT2D eigenvalue weighted by Gasteiger charge is 2.48. The van der Waals surface area contributed by atoms with Crippen molar-refractivity contribution >= 4 is 11.9 Å². The predicted octanol–water partition coefficient (Wildman–Crippen LogP) is -0.868. The fraction of sp³-hybridized carbons (Fsp3) is 0.778. The maximum absolute atomic E-state index is 11.4. The lowest BCUT2D eigenvalue weighted by Crippen LogP contribution is -2.57. The Morgan fingerprint density at radius 3 is 2.93 bits per heavy atom. The third-order valence-electron chi connectivity index (χ3n) is 2.66. The number of carbonyl (C=O) groups is 2. The molecule has 2 heterocycles. The first-order chi connectivity index (χ1) is 7.13. The van der Waals surface area contributed by atoms with Crippen LogP contribution in [-0.4, -0.2) is 55.5 Å². The van der Waals surface area contributed by atoms with Crippen molar-refractivity contribution in [2.45, 2.75) is 25.4 Å². The van der Waals surface area contributed by atoms with Gasteiger partial charge < -0.3 is 19.1 Å². The molecule has 0 radical (unpaired) electrons. The molecule has 2 aliphatic heterocycles. The van der Waals surface area contributed by atoms with Crippen molar-refractivity contribution in [3.05, 3.63) is 0 Å². The van der Waals surface area contributed by atoms with E-state index in [1.807, 2.05) is 0 Å². The van der Waals surface area contributed by atoms with Gasteiger partial charge in [-0.15, -0.1) is 0 Å². The number of hydrogen-bond acceptors (Lipinski definition) is 5. The van der Waals surface area contributed by atoms with Crippen molar-refractivity contribution in [1.82, 2.24) is 4.90 Å². The molecule has 0 aromatic rings. The van der Waals surface area contributed by atoms with Crippen LogP contribution in [-0.2, 0) is 23.8 Å². The quantitative estimate of drug-likeness (QED) is 0.532.